The summed E-state index contributed by atoms with van der Waals surface area (Å²) < 4.78 is 4.91. The Morgan fingerprint density at radius 3 is 2.30 bits per heavy atom. The number of rotatable bonds is 5. The Bertz CT molecular complexity index is 731. The first kappa shape index (κ1) is 16.2. The van der Waals surface area contributed by atoms with Gasteiger partial charge in [0.15, 0.2) is 6.61 Å². The van der Waals surface area contributed by atoms with Crippen molar-refractivity contribution in [2.45, 2.75) is 6.61 Å². The number of nitriles is 1. The van der Waals surface area contributed by atoms with E-state index in [1.807, 2.05) is 6.07 Å². The molecule has 1 amide bonds. The zero-order chi connectivity index (χ0) is 16.7. The Labute approximate surface area is 132 Å². The van der Waals surface area contributed by atoms with Gasteiger partial charge in [0, 0.05) is 5.69 Å². The van der Waals surface area contributed by atoms with Gasteiger partial charge in [-0.25, -0.2) is 4.79 Å². The highest BCUT2D eigenvalue weighted by Gasteiger charge is 2.10. The van der Waals surface area contributed by atoms with E-state index in [1.165, 1.54) is 12.1 Å². The molecule has 0 fully saturated rings. The predicted molar refractivity (Wildman–Crippen MR) is 82.4 cm³/mol. The molecular formula is C17H14N2O4. The molecule has 116 valence electrons. The van der Waals surface area contributed by atoms with E-state index in [2.05, 4.69) is 5.32 Å². The number of amides is 1. The van der Waals surface area contributed by atoms with Crippen LogP contribution < -0.4 is 5.32 Å². The first-order valence-corrected chi connectivity index (χ1v) is 6.79. The third-order valence-electron chi connectivity index (χ3n) is 3.00. The number of aliphatic hydroxyl groups is 1. The van der Waals surface area contributed by atoms with Gasteiger partial charge in [0.1, 0.15) is 0 Å². The molecule has 0 heterocycles. The van der Waals surface area contributed by atoms with Crippen LogP contribution in [0.5, 0.6) is 0 Å². The molecule has 23 heavy (non-hydrogen) atoms. The average molecular weight is 310 g/mol. The Hall–Kier alpha value is -3.17. The Kier molecular flexibility index (Phi) is 5.45. The second-order valence-electron chi connectivity index (χ2n) is 4.67. The van der Waals surface area contributed by atoms with Gasteiger partial charge in [-0.05, 0) is 42.0 Å². The van der Waals surface area contributed by atoms with Gasteiger partial charge in [-0.15, -0.1) is 0 Å². The van der Waals surface area contributed by atoms with Crippen LogP contribution in [0.15, 0.2) is 48.5 Å². The van der Waals surface area contributed by atoms with E-state index in [0.29, 0.717) is 22.4 Å². The molecule has 0 aliphatic heterocycles. The number of nitrogens with zero attached hydrogens (tertiary/aromatic N) is 1. The second kappa shape index (κ2) is 7.73. The summed E-state index contributed by atoms with van der Waals surface area (Å²) >= 11 is 0. The largest absolute Gasteiger partial charge is 0.452 e. The molecular weight excluding hydrogens is 296 g/mol. The maximum absolute atomic E-state index is 11.8. The lowest BCUT2D eigenvalue weighted by molar-refractivity contribution is -0.119. The smallest absolute Gasteiger partial charge is 0.338 e. The van der Waals surface area contributed by atoms with Crippen molar-refractivity contribution in [2.75, 3.05) is 11.9 Å². The van der Waals surface area contributed by atoms with Gasteiger partial charge in [0.25, 0.3) is 5.91 Å². The summed E-state index contributed by atoms with van der Waals surface area (Å²) in [5.74, 6) is -1.10. The quantitative estimate of drug-likeness (QED) is 0.821. The van der Waals surface area contributed by atoms with E-state index < -0.39 is 18.5 Å². The van der Waals surface area contributed by atoms with E-state index in [-0.39, 0.29) is 6.61 Å². The third-order valence-corrected chi connectivity index (χ3v) is 3.00. The molecule has 6 heteroatoms. The van der Waals surface area contributed by atoms with Gasteiger partial charge >= 0.3 is 5.97 Å². The fraction of sp³-hybridized carbons (Fsp3) is 0.118. The minimum absolute atomic E-state index is 0.109. The predicted octanol–water partition coefficient (Wildman–Crippen LogP) is 1.85. The molecule has 0 radical (unpaired) electrons. The fourth-order valence-corrected chi connectivity index (χ4v) is 1.79. The zero-order valence-electron chi connectivity index (χ0n) is 12.2. The van der Waals surface area contributed by atoms with Crippen molar-refractivity contribution in [1.82, 2.24) is 0 Å². The number of esters is 1. The van der Waals surface area contributed by atoms with Gasteiger partial charge in [-0.3, -0.25) is 4.79 Å². The van der Waals surface area contributed by atoms with Crippen LogP contribution in [0.1, 0.15) is 21.5 Å². The zero-order valence-corrected chi connectivity index (χ0v) is 12.2. The minimum Gasteiger partial charge on any atom is -0.452 e. The summed E-state index contributed by atoms with van der Waals surface area (Å²) in [5, 5.41) is 20.2. The van der Waals surface area contributed by atoms with E-state index in [0.717, 1.165) is 0 Å². The van der Waals surface area contributed by atoms with Crippen molar-refractivity contribution in [2.24, 2.45) is 0 Å². The number of anilines is 1. The monoisotopic (exact) mass is 310 g/mol. The van der Waals surface area contributed by atoms with Crippen LogP contribution in [-0.2, 0) is 16.1 Å². The van der Waals surface area contributed by atoms with Gasteiger partial charge in [0.2, 0.25) is 0 Å². The Balaban J connectivity index is 1.85. The van der Waals surface area contributed by atoms with Gasteiger partial charge in [0.05, 0.1) is 23.8 Å². The molecule has 0 aliphatic carbocycles. The van der Waals surface area contributed by atoms with Crippen molar-refractivity contribution in [1.29, 1.82) is 5.26 Å². The number of carbonyl (C=O) groups is 2. The van der Waals surface area contributed by atoms with Crippen LogP contribution in [0.25, 0.3) is 0 Å². The molecule has 0 aliphatic rings. The number of ether oxygens (including phenoxy) is 1. The Morgan fingerprint density at radius 1 is 1.09 bits per heavy atom. The molecule has 0 saturated heterocycles. The maximum Gasteiger partial charge on any atom is 0.338 e. The molecule has 0 spiro atoms. The highest BCUT2D eigenvalue weighted by Crippen LogP contribution is 2.09. The Morgan fingerprint density at radius 2 is 1.74 bits per heavy atom. The number of hydrogen-bond donors (Lipinski definition) is 2. The number of carbonyl (C=O) groups excluding carboxylic acids is 2. The molecule has 2 aromatic rings. The van der Waals surface area contributed by atoms with Crippen LogP contribution in [-0.4, -0.2) is 23.6 Å². The molecule has 2 rings (SSSR count). The van der Waals surface area contributed by atoms with Crippen molar-refractivity contribution < 1.29 is 19.4 Å². The first-order valence-electron chi connectivity index (χ1n) is 6.79. The van der Waals surface area contributed by atoms with Crippen LogP contribution in [0.3, 0.4) is 0 Å². The summed E-state index contributed by atoms with van der Waals surface area (Å²) in [6.07, 6.45) is 0. The number of aliphatic hydroxyl groups excluding tert-OH is 1. The van der Waals surface area contributed by atoms with Crippen molar-refractivity contribution in [3.63, 3.8) is 0 Å². The van der Waals surface area contributed by atoms with E-state index >= 15 is 0 Å². The standard InChI is InChI=1S/C17H14N2O4/c18-9-12-3-7-15(8-4-12)19-16(21)11-23-17(22)14-5-1-13(10-20)2-6-14/h1-8,20H,10-11H2,(H,19,21). The first-order chi connectivity index (χ1) is 11.1. The molecule has 2 aromatic carbocycles. The fourth-order valence-electron chi connectivity index (χ4n) is 1.79. The van der Waals surface area contributed by atoms with Crippen LogP contribution in [0.2, 0.25) is 0 Å². The lowest BCUT2D eigenvalue weighted by Gasteiger charge is -2.07. The molecule has 0 bridgehead atoms. The molecule has 0 saturated carbocycles. The van der Waals surface area contributed by atoms with Crippen molar-refractivity contribution in [3.8, 4) is 6.07 Å². The summed E-state index contributed by atoms with van der Waals surface area (Å²) in [6, 6.07) is 14.6. The SMILES string of the molecule is N#Cc1ccc(NC(=O)COC(=O)c2ccc(CO)cc2)cc1. The molecule has 0 unspecified atom stereocenters. The van der Waals surface area contributed by atoms with Crippen molar-refractivity contribution >= 4 is 17.6 Å². The molecule has 6 nitrogen and oxygen atoms in total. The summed E-state index contributed by atoms with van der Waals surface area (Å²) in [5.41, 5.74) is 1.98. The number of nitrogens with one attached hydrogen (secondary N) is 1. The van der Waals surface area contributed by atoms with E-state index in [1.54, 1.807) is 36.4 Å². The highest BCUT2D eigenvalue weighted by atomic mass is 16.5. The lowest BCUT2D eigenvalue weighted by Crippen LogP contribution is -2.20. The van der Waals surface area contributed by atoms with Gasteiger partial charge in [-0.2, -0.15) is 5.26 Å². The van der Waals surface area contributed by atoms with Crippen LogP contribution in [0, 0.1) is 11.3 Å². The van der Waals surface area contributed by atoms with Gasteiger partial charge in [-0.1, -0.05) is 12.1 Å². The number of benzene rings is 2. The normalized spacial score (nSPS) is 9.74. The van der Waals surface area contributed by atoms with Crippen molar-refractivity contribution in [3.05, 3.63) is 65.2 Å². The average Bonchev–Trinajstić information content (AvgIpc) is 2.60. The summed E-state index contributed by atoms with van der Waals surface area (Å²) in [6.45, 7) is -0.525. The highest BCUT2D eigenvalue weighted by molar-refractivity contribution is 5.95. The lowest BCUT2D eigenvalue weighted by atomic mass is 10.1. The van der Waals surface area contributed by atoms with E-state index in [9.17, 15) is 9.59 Å². The van der Waals surface area contributed by atoms with E-state index in [4.69, 9.17) is 15.1 Å². The third kappa shape index (κ3) is 4.66. The minimum atomic E-state index is -0.621. The molecule has 0 aromatic heterocycles. The van der Waals surface area contributed by atoms with Crippen LogP contribution in [0.4, 0.5) is 5.69 Å². The van der Waals surface area contributed by atoms with Gasteiger partial charge < -0.3 is 15.2 Å². The van der Waals surface area contributed by atoms with Crippen LogP contribution >= 0.6 is 0 Å². The summed E-state index contributed by atoms with van der Waals surface area (Å²) in [4.78, 5) is 23.5. The number of hydrogen-bond acceptors (Lipinski definition) is 5. The summed E-state index contributed by atoms with van der Waals surface area (Å²) in [7, 11) is 0. The second-order valence-corrected chi connectivity index (χ2v) is 4.67. The molecule has 2 N–H and O–H groups in total. The maximum atomic E-state index is 11.8. The molecule has 0 atom stereocenters. The topological polar surface area (TPSA) is 99.4 Å².